The molecule has 0 aromatic heterocycles. The summed E-state index contributed by atoms with van der Waals surface area (Å²) in [6.07, 6.45) is -2.56. The molecule has 0 radical (unpaired) electrons. The van der Waals surface area contributed by atoms with Gasteiger partial charge in [0.05, 0.1) is 12.1 Å². The molecular weight excluding hydrogens is 245 g/mol. The Morgan fingerprint density at radius 1 is 1.36 bits per heavy atom. The van der Waals surface area contributed by atoms with Gasteiger partial charge in [-0.15, -0.1) is 0 Å². The van der Waals surface area contributed by atoms with Crippen molar-refractivity contribution in [2.45, 2.75) is 25.9 Å². The van der Waals surface area contributed by atoms with Crippen molar-refractivity contribution in [2.75, 3.05) is 6.61 Å². The largest absolute Gasteiger partial charge is 2.00 e. The normalized spacial score (nSPS) is 10.2. The van der Waals surface area contributed by atoms with E-state index in [2.05, 4.69) is 0 Å². The molecule has 0 aromatic carbocycles. The zero-order valence-electron chi connectivity index (χ0n) is 7.93. The number of aliphatic hydroxyl groups excluding tert-OH is 2. The number of carbonyl (C=O) groups excluding carboxylic acids is 2. The maximum absolute atomic E-state index is 9.74. The summed E-state index contributed by atoms with van der Waals surface area (Å²) >= 11 is 0. The van der Waals surface area contributed by atoms with Crippen molar-refractivity contribution in [3.8, 4) is 0 Å². The standard InChI is InChI=1S/C5H8O5.C2H6O.Zn/c6-3(5(9)10)1-2-4(7)8;1-2-3;/h3,6H,1-2H2,(H,7,8)(H,9,10);3H,2H2,1H3;/q;;+2/p-2. The molecule has 0 aliphatic heterocycles. The fourth-order valence-corrected chi connectivity index (χ4v) is 0.372. The average Bonchev–Trinajstić information content (AvgIpc) is 2.01. The van der Waals surface area contributed by atoms with Crippen LogP contribution in [0.3, 0.4) is 0 Å². The SMILES string of the molecule is CCO.O=C([O-])CCC(O)C(=O)[O-].[Zn+2]. The first-order chi connectivity index (χ1) is 5.95. The number of hydrogen-bond donors (Lipinski definition) is 2. The molecule has 0 saturated carbocycles. The molecule has 14 heavy (non-hydrogen) atoms. The molecule has 0 amide bonds. The molecular formula is C7H12O6Zn. The predicted octanol–water partition coefficient (Wildman–Crippen LogP) is -3.38. The van der Waals surface area contributed by atoms with E-state index in [0.717, 1.165) is 0 Å². The van der Waals surface area contributed by atoms with Crippen molar-refractivity contribution in [1.29, 1.82) is 0 Å². The zero-order chi connectivity index (χ0) is 10.9. The van der Waals surface area contributed by atoms with Crippen molar-refractivity contribution < 1.29 is 49.5 Å². The Kier molecular flexibility index (Phi) is 17.0. The summed E-state index contributed by atoms with van der Waals surface area (Å²) in [5, 5.41) is 35.4. The molecule has 1 unspecified atom stereocenters. The molecule has 0 aliphatic rings. The van der Waals surface area contributed by atoms with Gasteiger partial charge in [-0.1, -0.05) is 0 Å². The van der Waals surface area contributed by atoms with Crippen LogP contribution in [0, 0.1) is 0 Å². The number of aliphatic hydroxyl groups is 2. The predicted molar refractivity (Wildman–Crippen MR) is 38.0 cm³/mol. The molecule has 0 aliphatic carbocycles. The van der Waals surface area contributed by atoms with Gasteiger partial charge in [-0.05, 0) is 19.8 Å². The Bertz CT molecular complexity index is 160. The molecule has 0 aromatic rings. The van der Waals surface area contributed by atoms with Gasteiger partial charge < -0.3 is 30.0 Å². The fourth-order valence-electron chi connectivity index (χ4n) is 0.372. The van der Waals surface area contributed by atoms with Crippen molar-refractivity contribution in [2.24, 2.45) is 0 Å². The molecule has 0 heterocycles. The minimum absolute atomic E-state index is 0. The van der Waals surface area contributed by atoms with Gasteiger partial charge in [0.15, 0.2) is 0 Å². The quantitative estimate of drug-likeness (QED) is 0.507. The van der Waals surface area contributed by atoms with Crippen LogP contribution in [0.1, 0.15) is 19.8 Å². The second-order valence-corrected chi connectivity index (χ2v) is 2.06. The van der Waals surface area contributed by atoms with Crippen LogP contribution in [0.2, 0.25) is 0 Å². The van der Waals surface area contributed by atoms with E-state index in [4.69, 9.17) is 10.2 Å². The van der Waals surface area contributed by atoms with Crippen LogP contribution in [-0.4, -0.2) is 34.9 Å². The molecule has 0 fully saturated rings. The number of carboxylic acids is 2. The minimum atomic E-state index is -1.71. The van der Waals surface area contributed by atoms with E-state index in [9.17, 15) is 19.8 Å². The van der Waals surface area contributed by atoms with E-state index in [1.54, 1.807) is 6.92 Å². The molecule has 0 bridgehead atoms. The monoisotopic (exact) mass is 256 g/mol. The minimum Gasteiger partial charge on any atom is -0.550 e. The fraction of sp³-hybridized carbons (Fsp3) is 0.714. The molecule has 0 rings (SSSR count). The third-order valence-electron chi connectivity index (χ3n) is 0.894. The number of carboxylic acid groups (broad SMARTS) is 2. The number of carbonyl (C=O) groups is 2. The first kappa shape index (κ1) is 19.1. The van der Waals surface area contributed by atoms with Crippen LogP contribution in [0.15, 0.2) is 0 Å². The Hall–Kier alpha value is -0.517. The van der Waals surface area contributed by atoms with Crippen molar-refractivity contribution in [1.82, 2.24) is 0 Å². The Morgan fingerprint density at radius 3 is 1.93 bits per heavy atom. The van der Waals surface area contributed by atoms with E-state index in [0.29, 0.717) is 0 Å². The summed E-state index contributed by atoms with van der Waals surface area (Å²) in [5.41, 5.74) is 0. The summed E-state index contributed by atoms with van der Waals surface area (Å²) in [6, 6.07) is 0. The maximum Gasteiger partial charge on any atom is 2.00 e. The number of hydrogen-bond acceptors (Lipinski definition) is 6. The van der Waals surface area contributed by atoms with Gasteiger partial charge in [0, 0.05) is 12.6 Å². The summed E-state index contributed by atoms with van der Waals surface area (Å²) in [6.45, 7) is 1.93. The smallest absolute Gasteiger partial charge is 0.550 e. The summed E-state index contributed by atoms with van der Waals surface area (Å²) in [5.74, 6) is -3.05. The van der Waals surface area contributed by atoms with Gasteiger partial charge in [0.25, 0.3) is 0 Å². The van der Waals surface area contributed by atoms with Crippen LogP contribution in [0.25, 0.3) is 0 Å². The van der Waals surface area contributed by atoms with E-state index >= 15 is 0 Å². The third kappa shape index (κ3) is 17.5. The van der Waals surface area contributed by atoms with E-state index in [1.807, 2.05) is 0 Å². The third-order valence-corrected chi connectivity index (χ3v) is 0.894. The molecule has 1 atom stereocenters. The van der Waals surface area contributed by atoms with Gasteiger partial charge in [-0.2, -0.15) is 0 Å². The van der Waals surface area contributed by atoms with Crippen molar-refractivity contribution in [3.05, 3.63) is 0 Å². The maximum atomic E-state index is 9.74. The van der Waals surface area contributed by atoms with E-state index in [-0.39, 0.29) is 32.5 Å². The van der Waals surface area contributed by atoms with Gasteiger partial charge in [0.1, 0.15) is 0 Å². The van der Waals surface area contributed by atoms with Crippen LogP contribution in [0.4, 0.5) is 0 Å². The topological polar surface area (TPSA) is 121 Å². The Labute approximate surface area is 94.3 Å². The molecule has 78 valence electrons. The van der Waals surface area contributed by atoms with Gasteiger partial charge in [0.2, 0.25) is 0 Å². The van der Waals surface area contributed by atoms with Gasteiger partial charge in [-0.25, -0.2) is 0 Å². The molecule has 7 heteroatoms. The Morgan fingerprint density at radius 2 is 1.71 bits per heavy atom. The summed E-state index contributed by atoms with van der Waals surface area (Å²) in [4.78, 5) is 19.4. The first-order valence-electron chi connectivity index (χ1n) is 3.65. The van der Waals surface area contributed by atoms with Crippen molar-refractivity contribution >= 4 is 11.9 Å². The summed E-state index contributed by atoms with van der Waals surface area (Å²) < 4.78 is 0. The van der Waals surface area contributed by atoms with Crippen LogP contribution in [0.5, 0.6) is 0 Å². The van der Waals surface area contributed by atoms with Crippen molar-refractivity contribution in [3.63, 3.8) is 0 Å². The van der Waals surface area contributed by atoms with E-state index in [1.165, 1.54) is 0 Å². The number of rotatable bonds is 4. The second-order valence-electron chi connectivity index (χ2n) is 2.06. The molecule has 0 spiro atoms. The first-order valence-corrected chi connectivity index (χ1v) is 3.65. The average molecular weight is 258 g/mol. The van der Waals surface area contributed by atoms with E-state index < -0.39 is 24.5 Å². The summed E-state index contributed by atoms with van der Waals surface area (Å²) in [7, 11) is 0. The number of aliphatic carboxylic acids is 2. The van der Waals surface area contributed by atoms with Crippen LogP contribution >= 0.6 is 0 Å². The van der Waals surface area contributed by atoms with Gasteiger partial charge in [-0.3, -0.25) is 0 Å². The van der Waals surface area contributed by atoms with Crippen LogP contribution in [-0.2, 0) is 29.1 Å². The second kappa shape index (κ2) is 12.5. The molecule has 0 saturated heterocycles. The Balaban J connectivity index is -0.000000267. The van der Waals surface area contributed by atoms with Gasteiger partial charge >= 0.3 is 19.5 Å². The zero-order valence-corrected chi connectivity index (χ0v) is 10.9. The molecule has 6 nitrogen and oxygen atoms in total. The molecule has 2 N–H and O–H groups in total. The van der Waals surface area contributed by atoms with Crippen LogP contribution < -0.4 is 10.2 Å².